The van der Waals surface area contributed by atoms with E-state index in [9.17, 15) is 15.0 Å². The number of fused-ring (bicyclic) bond motifs is 1. The minimum Gasteiger partial charge on any atom is -0.392 e. The highest BCUT2D eigenvalue weighted by molar-refractivity contribution is 5.75. The molecular weight excluding hydrogens is 386 g/mol. The van der Waals surface area contributed by atoms with Crippen LogP contribution < -0.4 is 0 Å². The van der Waals surface area contributed by atoms with Crippen molar-refractivity contribution < 1.29 is 15.0 Å². The zero-order valence-corrected chi connectivity index (χ0v) is 19.3. The number of aryl methyl sites for hydroxylation is 1. The molecule has 0 saturated heterocycles. The average Bonchev–Trinajstić information content (AvgIpc) is 3.25. The predicted molar refractivity (Wildman–Crippen MR) is 125 cm³/mol. The van der Waals surface area contributed by atoms with Crippen LogP contribution in [0.25, 0.3) is 0 Å². The number of aliphatic hydroxyl groups excluding tert-OH is 1. The molecule has 1 aromatic rings. The number of amides is 1. The number of hydrogen-bond donors (Lipinski definition) is 2. The number of carbonyl (C=O) groups excluding carboxylic acids is 1. The van der Waals surface area contributed by atoms with E-state index < -0.39 is 5.60 Å². The van der Waals surface area contributed by atoms with Crippen LogP contribution in [0.5, 0.6) is 0 Å². The Morgan fingerprint density at radius 3 is 2.65 bits per heavy atom. The first-order valence-electron chi connectivity index (χ1n) is 11.8. The number of rotatable bonds is 10. The van der Waals surface area contributed by atoms with Crippen molar-refractivity contribution >= 4 is 5.91 Å². The Hall–Kier alpha value is -1.91. The monoisotopic (exact) mass is 425 g/mol. The van der Waals surface area contributed by atoms with Gasteiger partial charge in [-0.25, -0.2) is 0 Å². The van der Waals surface area contributed by atoms with E-state index in [0.717, 1.165) is 38.5 Å². The van der Waals surface area contributed by atoms with Gasteiger partial charge in [0.2, 0.25) is 5.91 Å². The summed E-state index contributed by atoms with van der Waals surface area (Å²) in [5, 5.41) is 21.4. The Labute approximate surface area is 187 Å². The van der Waals surface area contributed by atoms with Gasteiger partial charge < -0.3 is 15.1 Å². The Morgan fingerprint density at radius 2 is 1.94 bits per heavy atom. The predicted octanol–water partition coefficient (Wildman–Crippen LogP) is 4.52. The first-order chi connectivity index (χ1) is 14.7. The number of unbranched alkanes of at least 4 members (excludes halogenated alkanes) is 1. The van der Waals surface area contributed by atoms with Crippen LogP contribution in [0.2, 0.25) is 0 Å². The molecule has 31 heavy (non-hydrogen) atoms. The molecule has 2 N–H and O–H groups in total. The van der Waals surface area contributed by atoms with Gasteiger partial charge in [0.1, 0.15) is 0 Å². The molecule has 5 atom stereocenters. The van der Waals surface area contributed by atoms with Gasteiger partial charge in [0.15, 0.2) is 0 Å². The Kier molecular flexibility index (Phi) is 8.12. The number of carbonyl (C=O) groups is 1. The Balaban J connectivity index is 1.48. The van der Waals surface area contributed by atoms with E-state index in [4.69, 9.17) is 0 Å². The standard InChI is InChI=1S/C27H39NO3/c1-27(31,15-13-20-9-5-4-6-10-20)16-14-23-24-18-21(17-22(24)19-25(23)29)11-7-8-12-26(30)28(2)3/h4-6,9-10,14,16-17,22-25,29,31H,7-8,11-13,15,18-19H2,1-3H3/b16-14+/t22-,23+,24-,25+,27+/m0/s1. The van der Waals surface area contributed by atoms with Crippen molar-refractivity contribution in [1.29, 1.82) is 0 Å². The second-order valence-electron chi connectivity index (χ2n) is 9.93. The number of aliphatic hydroxyl groups is 2. The van der Waals surface area contributed by atoms with E-state index in [1.807, 2.05) is 31.2 Å². The first-order valence-corrected chi connectivity index (χ1v) is 11.8. The molecule has 4 nitrogen and oxygen atoms in total. The van der Waals surface area contributed by atoms with Crippen molar-refractivity contribution in [3.05, 3.63) is 59.7 Å². The maximum Gasteiger partial charge on any atom is 0.222 e. The lowest BCUT2D eigenvalue weighted by Gasteiger charge is -2.23. The SMILES string of the molecule is CN(C)C(=O)CCCCC1=C[C@H]2C[C@@H](O)[C@H](/C=C/[C@](C)(O)CCc3ccccc3)[C@H]2C1. The van der Waals surface area contributed by atoms with Crippen molar-refractivity contribution in [2.45, 2.75) is 70.0 Å². The highest BCUT2D eigenvalue weighted by Crippen LogP contribution is 2.48. The summed E-state index contributed by atoms with van der Waals surface area (Å²) in [5.74, 6) is 1.19. The van der Waals surface area contributed by atoms with Crippen molar-refractivity contribution in [3.63, 3.8) is 0 Å². The van der Waals surface area contributed by atoms with E-state index in [-0.39, 0.29) is 17.9 Å². The molecule has 1 amide bonds. The van der Waals surface area contributed by atoms with Gasteiger partial charge in [-0.15, -0.1) is 0 Å². The van der Waals surface area contributed by atoms with E-state index in [0.29, 0.717) is 24.7 Å². The smallest absolute Gasteiger partial charge is 0.222 e. The van der Waals surface area contributed by atoms with Crippen LogP contribution >= 0.6 is 0 Å². The summed E-state index contributed by atoms with van der Waals surface area (Å²) in [6.45, 7) is 1.86. The zero-order valence-electron chi connectivity index (χ0n) is 19.3. The van der Waals surface area contributed by atoms with E-state index in [1.165, 1.54) is 11.1 Å². The largest absolute Gasteiger partial charge is 0.392 e. The lowest BCUT2D eigenvalue weighted by molar-refractivity contribution is -0.128. The molecule has 0 spiro atoms. The highest BCUT2D eigenvalue weighted by atomic mass is 16.3. The Morgan fingerprint density at radius 1 is 1.19 bits per heavy atom. The molecule has 0 radical (unpaired) electrons. The maximum absolute atomic E-state index is 11.7. The van der Waals surface area contributed by atoms with Crippen LogP contribution in [-0.2, 0) is 11.2 Å². The van der Waals surface area contributed by atoms with Gasteiger partial charge in [-0.3, -0.25) is 4.79 Å². The molecular formula is C27H39NO3. The van der Waals surface area contributed by atoms with Gasteiger partial charge in [-0.1, -0.05) is 54.1 Å². The summed E-state index contributed by atoms with van der Waals surface area (Å²) in [6.07, 6.45) is 13.0. The summed E-state index contributed by atoms with van der Waals surface area (Å²) < 4.78 is 0. The van der Waals surface area contributed by atoms with Gasteiger partial charge in [0.25, 0.3) is 0 Å². The molecule has 1 aromatic carbocycles. The first kappa shape index (κ1) is 23.7. The summed E-state index contributed by atoms with van der Waals surface area (Å²) in [6, 6.07) is 10.2. The molecule has 0 heterocycles. The van der Waals surface area contributed by atoms with Crippen LogP contribution in [0.1, 0.15) is 57.4 Å². The minimum absolute atomic E-state index is 0.109. The average molecular weight is 426 g/mol. The van der Waals surface area contributed by atoms with Crippen LogP contribution in [0.4, 0.5) is 0 Å². The number of allylic oxidation sites excluding steroid dienone is 2. The van der Waals surface area contributed by atoms with Crippen LogP contribution in [0.15, 0.2) is 54.1 Å². The Bertz CT molecular complexity index is 781. The van der Waals surface area contributed by atoms with Crippen molar-refractivity contribution in [2.24, 2.45) is 17.8 Å². The topological polar surface area (TPSA) is 60.8 Å². The molecule has 170 valence electrons. The summed E-state index contributed by atoms with van der Waals surface area (Å²) >= 11 is 0. The second kappa shape index (κ2) is 10.6. The lowest BCUT2D eigenvalue weighted by Crippen LogP contribution is -2.24. The summed E-state index contributed by atoms with van der Waals surface area (Å²) in [5.41, 5.74) is 1.84. The van der Waals surface area contributed by atoms with Crippen molar-refractivity contribution in [3.8, 4) is 0 Å². The normalized spacial score (nSPS) is 27.2. The molecule has 0 unspecified atom stereocenters. The number of hydrogen-bond acceptors (Lipinski definition) is 3. The molecule has 0 bridgehead atoms. The maximum atomic E-state index is 11.7. The second-order valence-corrected chi connectivity index (χ2v) is 9.93. The van der Waals surface area contributed by atoms with E-state index in [1.54, 1.807) is 19.0 Å². The molecule has 0 aliphatic heterocycles. The summed E-state index contributed by atoms with van der Waals surface area (Å²) in [7, 11) is 3.61. The quantitative estimate of drug-likeness (QED) is 0.428. The van der Waals surface area contributed by atoms with Gasteiger partial charge in [0, 0.05) is 26.4 Å². The van der Waals surface area contributed by atoms with Gasteiger partial charge in [0.05, 0.1) is 11.7 Å². The van der Waals surface area contributed by atoms with Crippen molar-refractivity contribution in [2.75, 3.05) is 14.1 Å². The molecule has 2 aliphatic rings. The molecule has 0 aromatic heterocycles. The number of nitrogens with zero attached hydrogens (tertiary/aromatic N) is 1. The van der Waals surface area contributed by atoms with Crippen LogP contribution in [0, 0.1) is 17.8 Å². The molecule has 1 fully saturated rings. The number of benzene rings is 1. The fourth-order valence-corrected chi connectivity index (χ4v) is 5.09. The molecule has 2 aliphatic carbocycles. The van der Waals surface area contributed by atoms with Crippen molar-refractivity contribution in [1.82, 2.24) is 4.90 Å². The third-order valence-corrected chi connectivity index (χ3v) is 7.03. The van der Waals surface area contributed by atoms with Crippen LogP contribution in [-0.4, -0.2) is 46.8 Å². The fraction of sp³-hybridized carbons (Fsp3) is 0.593. The third kappa shape index (κ3) is 6.78. The lowest BCUT2D eigenvalue weighted by atomic mass is 9.87. The zero-order chi connectivity index (χ0) is 22.4. The molecule has 4 heteroatoms. The van der Waals surface area contributed by atoms with Gasteiger partial charge in [-0.05, 0) is 69.3 Å². The fourth-order valence-electron chi connectivity index (χ4n) is 5.09. The molecule has 3 rings (SSSR count). The van der Waals surface area contributed by atoms with Crippen LogP contribution in [0.3, 0.4) is 0 Å². The molecule has 1 saturated carbocycles. The highest BCUT2D eigenvalue weighted by Gasteiger charge is 2.43. The minimum atomic E-state index is -0.874. The summed E-state index contributed by atoms with van der Waals surface area (Å²) in [4.78, 5) is 13.4. The third-order valence-electron chi connectivity index (χ3n) is 7.03. The van der Waals surface area contributed by atoms with Gasteiger partial charge >= 0.3 is 0 Å². The van der Waals surface area contributed by atoms with Gasteiger partial charge in [-0.2, -0.15) is 0 Å². The van der Waals surface area contributed by atoms with E-state index >= 15 is 0 Å². The van der Waals surface area contributed by atoms with E-state index in [2.05, 4.69) is 24.3 Å².